The van der Waals surface area contributed by atoms with E-state index < -0.39 is 0 Å². The maximum absolute atomic E-state index is 6.22. The summed E-state index contributed by atoms with van der Waals surface area (Å²) < 4.78 is 0. The van der Waals surface area contributed by atoms with E-state index in [-0.39, 0.29) is 11.2 Å². The molecule has 1 aliphatic carbocycles. The molecule has 126 valence electrons. The van der Waals surface area contributed by atoms with E-state index >= 15 is 0 Å². The van der Waals surface area contributed by atoms with Crippen LogP contribution >= 0.6 is 0 Å². The Balaban J connectivity index is 1.69. The minimum absolute atomic E-state index is 0.285. The van der Waals surface area contributed by atoms with Crippen molar-refractivity contribution in [3.8, 4) is 0 Å². The summed E-state index contributed by atoms with van der Waals surface area (Å²) in [7, 11) is 0. The van der Waals surface area contributed by atoms with Crippen LogP contribution in [0.2, 0.25) is 0 Å². The predicted octanol–water partition coefficient (Wildman–Crippen LogP) is 5.57. The third kappa shape index (κ3) is 2.40. The van der Waals surface area contributed by atoms with Gasteiger partial charge in [0.1, 0.15) is 11.2 Å². The van der Waals surface area contributed by atoms with Crippen molar-refractivity contribution >= 4 is 0 Å². The molecule has 1 saturated carbocycles. The molecule has 0 amide bonds. The third-order valence-corrected chi connectivity index (χ3v) is 6.15. The van der Waals surface area contributed by atoms with Gasteiger partial charge in [0.2, 0.25) is 0 Å². The predicted molar refractivity (Wildman–Crippen MR) is 95.5 cm³/mol. The first-order chi connectivity index (χ1) is 11.5. The number of fused-ring (bicyclic) bond motifs is 4. The summed E-state index contributed by atoms with van der Waals surface area (Å²) >= 11 is 0. The molecule has 2 aliphatic heterocycles. The van der Waals surface area contributed by atoms with Crippen LogP contribution in [0.3, 0.4) is 0 Å². The molecule has 2 bridgehead atoms. The zero-order valence-corrected chi connectivity index (χ0v) is 14.8. The molecule has 2 heterocycles. The maximum Gasteiger partial charge on any atom is 0.131 e. The van der Waals surface area contributed by atoms with Gasteiger partial charge in [-0.05, 0) is 56.6 Å². The summed E-state index contributed by atoms with van der Waals surface area (Å²) in [6.07, 6.45) is 4.14. The molecule has 2 saturated heterocycles. The van der Waals surface area contributed by atoms with Gasteiger partial charge in [-0.1, -0.05) is 66.6 Å². The van der Waals surface area contributed by atoms with Crippen molar-refractivity contribution in [2.75, 3.05) is 0 Å². The Labute approximate surface area is 144 Å². The van der Waals surface area contributed by atoms with Gasteiger partial charge in [0.25, 0.3) is 0 Å². The van der Waals surface area contributed by atoms with E-state index in [0.29, 0.717) is 5.92 Å². The first-order valence-corrected chi connectivity index (χ1v) is 9.05. The fraction of sp³-hybridized carbons (Fsp3) is 0.455. The fourth-order valence-corrected chi connectivity index (χ4v) is 4.31. The SMILES string of the molecule is Cc1ccc([C@]23CCC(C)[C@](c4ccc(C)cc4)(CC2)OO3)cc1. The largest absolute Gasteiger partial charge is 0.224 e. The maximum atomic E-state index is 6.22. The van der Waals surface area contributed by atoms with E-state index in [1.807, 2.05) is 0 Å². The summed E-state index contributed by atoms with van der Waals surface area (Å²) in [4.78, 5) is 12.4. The third-order valence-electron chi connectivity index (χ3n) is 6.15. The summed E-state index contributed by atoms with van der Waals surface area (Å²) in [6.45, 7) is 6.55. The Bertz CT molecular complexity index is 707. The molecule has 2 nitrogen and oxygen atoms in total. The van der Waals surface area contributed by atoms with Gasteiger partial charge >= 0.3 is 0 Å². The molecular formula is C22H26O2. The van der Waals surface area contributed by atoms with E-state index in [2.05, 4.69) is 69.3 Å². The van der Waals surface area contributed by atoms with Gasteiger partial charge < -0.3 is 0 Å². The monoisotopic (exact) mass is 322 g/mol. The average molecular weight is 322 g/mol. The Kier molecular flexibility index (Phi) is 3.78. The highest BCUT2D eigenvalue weighted by molar-refractivity contribution is 5.31. The van der Waals surface area contributed by atoms with E-state index in [4.69, 9.17) is 9.78 Å². The molecule has 0 aromatic heterocycles. The number of rotatable bonds is 2. The molecule has 24 heavy (non-hydrogen) atoms. The summed E-state index contributed by atoms with van der Waals surface area (Å²) in [5, 5.41) is 0. The Hall–Kier alpha value is -1.64. The normalized spacial score (nSPS) is 32.5. The van der Waals surface area contributed by atoms with Crippen LogP contribution in [0.15, 0.2) is 48.5 Å². The van der Waals surface area contributed by atoms with Gasteiger partial charge in [-0.15, -0.1) is 0 Å². The highest BCUT2D eigenvalue weighted by Gasteiger charge is 2.53. The van der Waals surface area contributed by atoms with Gasteiger partial charge in [0.15, 0.2) is 0 Å². The summed E-state index contributed by atoms with van der Waals surface area (Å²) in [5.74, 6) is 0.440. The number of benzene rings is 2. The van der Waals surface area contributed by atoms with Crippen molar-refractivity contribution in [1.82, 2.24) is 0 Å². The van der Waals surface area contributed by atoms with Gasteiger partial charge in [0, 0.05) is 0 Å². The van der Waals surface area contributed by atoms with Gasteiger partial charge in [-0.25, -0.2) is 9.78 Å². The quantitative estimate of drug-likeness (QED) is 0.673. The highest BCUT2D eigenvalue weighted by Crippen LogP contribution is 2.55. The molecule has 0 spiro atoms. The molecule has 3 fully saturated rings. The van der Waals surface area contributed by atoms with Gasteiger partial charge in [-0.2, -0.15) is 0 Å². The second-order valence-corrected chi connectivity index (χ2v) is 7.72. The van der Waals surface area contributed by atoms with Gasteiger partial charge in [0.05, 0.1) is 0 Å². The lowest BCUT2D eigenvalue weighted by Crippen LogP contribution is -2.43. The smallest absolute Gasteiger partial charge is 0.131 e. The average Bonchev–Trinajstić information content (AvgIpc) is 2.84. The minimum atomic E-state index is -0.307. The highest BCUT2D eigenvalue weighted by atomic mass is 17.2. The lowest BCUT2D eigenvalue weighted by Gasteiger charge is -2.43. The van der Waals surface area contributed by atoms with Crippen LogP contribution in [0.5, 0.6) is 0 Å². The van der Waals surface area contributed by atoms with Gasteiger partial charge in [-0.3, -0.25) is 0 Å². The van der Waals surface area contributed by atoms with Crippen molar-refractivity contribution < 1.29 is 9.78 Å². The zero-order valence-electron chi connectivity index (χ0n) is 14.8. The van der Waals surface area contributed by atoms with E-state index in [1.165, 1.54) is 22.3 Å². The van der Waals surface area contributed by atoms with E-state index in [9.17, 15) is 0 Å². The lowest BCUT2D eigenvalue weighted by molar-refractivity contribution is -0.449. The topological polar surface area (TPSA) is 18.5 Å². The first-order valence-electron chi connectivity index (χ1n) is 9.05. The molecule has 5 rings (SSSR count). The van der Waals surface area contributed by atoms with Crippen molar-refractivity contribution in [3.63, 3.8) is 0 Å². The van der Waals surface area contributed by atoms with Crippen molar-refractivity contribution in [1.29, 1.82) is 0 Å². The molecule has 2 heteroatoms. The molecule has 3 atom stereocenters. The molecule has 2 aromatic carbocycles. The fourth-order valence-electron chi connectivity index (χ4n) is 4.31. The summed E-state index contributed by atoms with van der Waals surface area (Å²) in [5.41, 5.74) is 4.47. The standard InChI is InChI=1S/C22H26O2/c1-16-4-8-19(9-5-16)21-13-12-18(3)22(15-14-21,24-23-21)20-10-6-17(2)7-11-20/h4-11,18H,12-15H2,1-3H3/t18?,21-,22-/m0/s1. The lowest BCUT2D eigenvalue weighted by atomic mass is 9.78. The molecule has 3 aliphatic rings. The minimum Gasteiger partial charge on any atom is -0.224 e. The molecule has 0 radical (unpaired) electrons. The van der Waals surface area contributed by atoms with Crippen molar-refractivity contribution in [3.05, 3.63) is 70.8 Å². The summed E-state index contributed by atoms with van der Waals surface area (Å²) in [6, 6.07) is 17.5. The van der Waals surface area contributed by atoms with Crippen LogP contribution < -0.4 is 0 Å². The van der Waals surface area contributed by atoms with Crippen molar-refractivity contribution in [2.45, 2.75) is 57.7 Å². The van der Waals surface area contributed by atoms with Crippen LogP contribution in [-0.2, 0) is 21.0 Å². The molecule has 2 aromatic rings. The van der Waals surface area contributed by atoms with Crippen molar-refractivity contribution in [2.24, 2.45) is 5.92 Å². The zero-order chi connectivity index (χ0) is 16.8. The number of hydrogen-bond donors (Lipinski definition) is 0. The Morgan fingerprint density at radius 3 is 1.88 bits per heavy atom. The van der Waals surface area contributed by atoms with E-state index in [1.54, 1.807) is 0 Å². The Morgan fingerprint density at radius 2 is 1.33 bits per heavy atom. The molecule has 0 N–H and O–H groups in total. The second kappa shape index (κ2) is 5.72. The van der Waals surface area contributed by atoms with Crippen LogP contribution in [0.4, 0.5) is 0 Å². The number of aryl methyl sites for hydroxylation is 2. The first kappa shape index (κ1) is 15.9. The number of hydrogen-bond acceptors (Lipinski definition) is 2. The molecule has 1 unspecified atom stereocenters. The van der Waals surface area contributed by atoms with Crippen LogP contribution in [0, 0.1) is 19.8 Å². The Morgan fingerprint density at radius 1 is 0.750 bits per heavy atom. The second-order valence-electron chi connectivity index (χ2n) is 7.72. The van der Waals surface area contributed by atoms with Crippen LogP contribution in [0.25, 0.3) is 0 Å². The molecular weight excluding hydrogens is 296 g/mol. The van der Waals surface area contributed by atoms with Crippen LogP contribution in [0.1, 0.15) is 54.9 Å². The van der Waals surface area contributed by atoms with E-state index in [0.717, 1.165) is 25.7 Å². The van der Waals surface area contributed by atoms with Crippen LogP contribution in [-0.4, -0.2) is 0 Å².